The van der Waals surface area contributed by atoms with Crippen molar-refractivity contribution in [1.82, 2.24) is 9.97 Å². The minimum atomic E-state index is 0.767. The van der Waals surface area contributed by atoms with Gasteiger partial charge in [0.1, 0.15) is 23.0 Å². The third kappa shape index (κ3) is 7.09. The Bertz CT molecular complexity index is 2760. The summed E-state index contributed by atoms with van der Waals surface area (Å²) in [5, 5.41) is 3.99. The topological polar surface area (TPSA) is 62.7 Å². The highest BCUT2D eigenvalue weighted by Gasteiger charge is 2.22. The number of hydrogen-bond donors (Lipinski definition) is 0. The van der Waals surface area contributed by atoms with Crippen molar-refractivity contribution in [2.45, 2.75) is 0 Å². The van der Waals surface area contributed by atoms with Gasteiger partial charge in [-0.15, -0.1) is 0 Å². The normalized spacial score (nSPS) is 11.0. The minimum Gasteiger partial charge on any atom is -0.497 e. The zero-order valence-electron chi connectivity index (χ0n) is 33.8. The van der Waals surface area contributed by atoms with E-state index in [-0.39, 0.29) is 0 Å². The van der Waals surface area contributed by atoms with Crippen molar-refractivity contribution in [3.8, 4) is 45.5 Å². The van der Waals surface area contributed by atoms with Crippen LogP contribution in [0.4, 0.5) is 0 Å². The Morgan fingerprint density at radius 1 is 0.317 bits per heavy atom. The number of benzene rings is 8. The molecule has 60 heavy (non-hydrogen) atoms. The van der Waals surface area contributed by atoms with E-state index in [1.165, 1.54) is 0 Å². The van der Waals surface area contributed by atoms with Crippen LogP contribution in [0.1, 0.15) is 22.3 Å². The summed E-state index contributed by atoms with van der Waals surface area (Å²) >= 11 is 0. The molecule has 8 aromatic carbocycles. The smallest absolute Gasteiger partial charge is 0.118 e. The van der Waals surface area contributed by atoms with Crippen molar-refractivity contribution < 1.29 is 18.9 Å². The van der Waals surface area contributed by atoms with E-state index in [0.717, 1.165) is 111 Å². The monoisotopic (exact) mass is 782 g/mol. The van der Waals surface area contributed by atoms with Crippen LogP contribution in [0.2, 0.25) is 0 Å². The second-order valence-corrected chi connectivity index (χ2v) is 14.3. The molecule has 0 bridgehead atoms. The number of fused-ring (bicyclic) bond motifs is 2. The summed E-state index contributed by atoms with van der Waals surface area (Å²) in [4.78, 5) is 11.6. The molecule has 9 aromatic rings. The first-order valence-electron chi connectivity index (χ1n) is 19.8. The molecule has 6 heteroatoms. The molecular weight excluding hydrogens is 741 g/mol. The Kier molecular flexibility index (Phi) is 10.5. The standard InChI is InChI=1S/C54H42N2O4/c1-57-41-27-19-35(20-28-41)47(36-21-29-42(58-2)30-22-36)49-45-17-11-12-18-46(45)50(48(37-23-31-43(59-3)32-24-37)38-25-33-44(60-4)34-26-38)54-53(49)55-51(39-13-7-5-8-14-39)52(56-54)40-15-9-6-10-16-40/h5-34H,1-4H3. The predicted octanol–water partition coefficient (Wildman–Crippen LogP) is 10.6. The largest absolute Gasteiger partial charge is 0.497 e. The number of nitrogens with zero attached hydrogens (tertiary/aromatic N) is 2. The van der Waals surface area contributed by atoms with E-state index < -0.39 is 0 Å². The third-order valence-electron chi connectivity index (χ3n) is 10.9. The molecule has 0 fully saturated rings. The van der Waals surface area contributed by atoms with Crippen LogP contribution >= 0.6 is 0 Å². The van der Waals surface area contributed by atoms with E-state index in [9.17, 15) is 0 Å². The lowest BCUT2D eigenvalue weighted by Crippen LogP contribution is -2.23. The molecule has 0 saturated carbocycles. The Hall–Kier alpha value is -7.70. The molecule has 0 amide bonds. The first-order chi connectivity index (χ1) is 29.6. The number of ether oxygens (including phenoxy) is 4. The minimum absolute atomic E-state index is 0.767. The van der Waals surface area contributed by atoms with Gasteiger partial charge < -0.3 is 18.9 Å². The van der Waals surface area contributed by atoms with E-state index in [1.807, 2.05) is 84.9 Å². The number of rotatable bonds is 10. The molecule has 0 aliphatic rings. The Labute approximate surface area is 349 Å². The van der Waals surface area contributed by atoms with E-state index in [1.54, 1.807) is 28.4 Å². The number of aromatic nitrogens is 2. The summed E-state index contributed by atoms with van der Waals surface area (Å²) in [6, 6.07) is 62.2. The second-order valence-electron chi connectivity index (χ2n) is 14.3. The molecule has 0 N–H and O–H groups in total. The van der Waals surface area contributed by atoms with E-state index in [0.29, 0.717) is 0 Å². The van der Waals surface area contributed by atoms with E-state index >= 15 is 0 Å². The van der Waals surface area contributed by atoms with Gasteiger partial charge in [0.25, 0.3) is 0 Å². The highest BCUT2D eigenvalue weighted by molar-refractivity contribution is 6.05. The molecule has 0 saturated heterocycles. The summed E-state index contributed by atoms with van der Waals surface area (Å²) in [6.07, 6.45) is 0. The van der Waals surface area contributed by atoms with E-state index in [4.69, 9.17) is 28.9 Å². The average Bonchev–Trinajstić information content (AvgIpc) is 3.33. The van der Waals surface area contributed by atoms with Gasteiger partial charge in [-0.25, -0.2) is 9.97 Å². The lowest BCUT2D eigenvalue weighted by molar-refractivity contribution is 0.414. The van der Waals surface area contributed by atoms with Crippen molar-refractivity contribution in [1.29, 1.82) is 0 Å². The fourth-order valence-electron chi connectivity index (χ4n) is 8.00. The lowest BCUT2D eigenvalue weighted by Gasteiger charge is -2.19. The van der Waals surface area contributed by atoms with Gasteiger partial charge in [-0.3, -0.25) is 0 Å². The number of methoxy groups -OCH3 is 4. The summed E-state index contributed by atoms with van der Waals surface area (Å²) in [7, 11) is 6.75. The maximum atomic E-state index is 5.81. The fraction of sp³-hybridized carbons (Fsp3) is 0.0741. The molecule has 9 rings (SSSR count). The molecule has 0 aliphatic heterocycles. The first-order valence-corrected chi connectivity index (χ1v) is 19.8. The maximum Gasteiger partial charge on any atom is 0.118 e. The molecule has 0 aliphatic carbocycles. The quantitative estimate of drug-likeness (QED) is 0.129. The predicted molar refractivity (Wildman–Crippen MR) is 242 cm³/mol. The summed E-state index contributed by atoms with van der Waals surface area (Å²) in [5.74, 6) is 3.09. The molecular formula is C54H42N2O4. The highest BCUT2D eigenvalue weighted by Crippen LogP contribution is 2.34. The van der Waals surface area contributed by atoms with Crippen LogP contribution in [0.25, 0.3) is 55.5 Å². The zero-order valence-corrected chi connectivity index (χ0v) is 33.8. The van der Waals surface area contributed by atoms with Gasteiger partial charge in [0, 0.05) is 21.6 Å². The van der Waals surface area contributed by atoms with Crippen molar-refractivity contribution in [2.75, 3.05) is 28.4 Å². The van der Waals surface area contributed by atoms with Crippen molar-refractivity contribution in [2.24, 2.45) is 0 Å². The molecule has 1 aromatic heterocycles. The fourth-order valence-corrected chi connectivity index (χ4v) is 8.00. The Morgan fingerprint density at radius 3 is 0.850 bits per heavy atom. The molecule has 0 spiro atoms. The van der Waals surface area contributed by atoms with Crippen molar-refractivity contribution >= 4 is 33.0 Å². The van der Waals surface area contributed by atoms with Gasteiger partial charge in [-0.05, 0) is 92.7 Å². The molecule has 0 radical (unpaired) electrons. The zero-order chi connectivity index (χ0) is 41.0. The van der Waals surface area contributed by atoms with Gasteiger partial charge in [0.2, 0.25) is 0 Å². The van der Waals surface area contributed by atoms with Gasteiger partial charge in [-0.2, -0.15) is 0 Å². The lowest BCUT2D eigenvalue weighted by atomic mass is 9.88. The summed E-state index contributed by atoms with van der Waals surface area (Å²) in [5.41, 5.74) is 11.1. The van der Waals surface area contributed by atoms with Gasteiger partial charge in [0.05, 0.1) is 50.9 Å². The van der Waals surface area contributed by atoms with Crippen LogP contribution in [0.3, 0.4) is 0 Å². The average molecular weight is 783 g/mol. The van der Waals surface area contributed by atoms with Crippen LogP contribution < -0.4 is 29.4 Å². The SMILES string of the molecule is COc1ccc(C(c2ccc(OC)cc2)=c2c3ccccc3c(=C(c3ccc(OC)cc3)c3ccc(OC)cc3)c3nc(-c4ccccc4)c(-c4ccccc4)nc23)cc1. The van der Waals surface area contributed by atoms with Crippen LogP contribution in [0.15, 0.2) is 182 Å². The van der Waals surface area contributed by atoms with Crippen LogP contribution in [0, 0.1) is 0 Å². The Balaban J connectivity index is 1.60. The van der Waals surface area contributed by atoms with Crippen molar-refractivity contribution in [3.63, 3.8) is 0 Å². The number of hydrogen-bond acceptors (Lipinski definition) is 6. The summed E-state index contributed by atoms with van der Waals surface area (Å²) in [6.45, 7) is 0. The van der Waals surface area contributed by atoms with E-state index in [2.05, 4.69) is 97.1 Å². The maximum absolute atomic E-state index is 5.81. The second kappa shape index (κ2) is 16.6. The molecule has 0 atom stereocenters. The van der Waals surface area contributed by atoms with Crippen molar-refractivity contribution in [3.05, 3.63) is 215 Å². The van der Waals surface area contributed by atoms with Gasteiger partial charge >= 0.3 is 0 Å². The van der Waals surface area contributed by atoms with Crippen LogP contribution in [-0.4, -0.2) is 38.4 Å². The molecule has 1 heterocycles. The first kappa shape index (κ1) is 37.9. The van der Waals surface area contributed by atoms with Gasteiger partial charge in [0.15, 0.2) is 0 Å². The highest BCUT2D eigenvalue weighted by atomic mass is 16.5. The van der Waals surface area contributed by atoms with Crippen LogP contribution in [-0.2, 0) is 0 Å². The Morgan fingerprint density at radius 2 is 0.583 bits per heavy atom. The molecule has 292 valence electrons. The molecule has 6 nitrogen and oxygen atoms in total. The summed E-state index contributed by atoms with van der Waals surface area (Å²) < 4.78 is 22.6. The third-order valence-corrected chi connectivity index (χ3v) is 10.9. The molecule has 0 unspecified atom stereocenters. The van der Waals surface area contributed by atoms with Gasteiger partial charge in [-0.1, -0.05) is 133 Å². The van der Waals surface area contributed by atoms with Crippen LogP contribution in [0.5, 0.6) is 23.0 Å².